The number of halogens is 1. The van der Waals surface area contributed by atoms with E-state index in [1.54, 1.807) is 31.6 Å². The standard InChI is InChI=1S/C29H32FN5O3S/c1-16(33-28-21-13-24(37-3)25(38-4)14-23(21)34-17(2)35-28)26-9-10-27(39-26)20-8-7-19(30)12-18(20)15-32-29(36)22-6-5-11-31-22/h7-10,12-14,16,22,31H,5-6,11,15H2,1-4H3,(H,32,36)(H,33,34,35). The number of ether oxygens (including phenoxy) is 2. The molecular formula is C29H32FN5O3S. The molecule has 204 valence electrons. The minimum Gasteiger partial charge on any atom is -0.493 e. The second kappa shape index (κ2) is 11.5. The predicted molar refractivity (Wildman–Crippen MR) is 152 cm³/mol. The first kappa shape index (κ1) is 26.8. The van der Waals surface area contributed by atoms with Gasteiger partial charge in [0.05, 0.1) is 31.8 Å². The van der Waals surface area contributed by atoms with Gasteiger partial charge in [-0.05, 0) is 74.7 Å². The number of hydrogen-bond donors (Lipinski definition) is 3. The molecule has 1 fully saturated rings. The lowest BCUT2D eigenvalue weighted by Crippen LogP contribution is -2.40. The highest BCUT2D eigenvalue weighted by molar-refractivity contribution is 7.15. The first-order valence-electron chi connectivity index (χ1n) is 12.9. The normalized spacial score (nSPS) is 15.8. The molecule has 2 aromatic carbocycles. The summed E-state index contributed by atoms with van der Waals surface area (Å²) in [6.45, 7) is 5.04. The first-order chi connectivity index (χ1) is 18.9. The van der Waals surface area contributed by atoms with E-state index in [1.807, 2.05) is 25.1 Å². The van der Waals surface area contributed by atoms with Crippen molar-refractivity contribution in [3.05, 3.63) is 64.5 Å². The molecule has 39 heavy (non-hydrogen) atoms. The molecule has 1 aliphatic rings. The van der Waals surface area contributed by atoms with Gasteiger partial charge in [0.15, 0.2) is 11.5 Å². The van der Waals surface area contributed by atoms with Gasteiger partial charge in [-0.25, -0.2) is 14.4 Å². The SMILES string of the molecule is COc1cc2nc(C)nc(NC(C)c3ccc(-c4ccc(F)cc4CNC(=O)C4CCCN4)s3)c2cc1OC. The molecule has 3 N–H and O–H groups in total. The zero-order valence-corrected chi connectivity index (χ0v) is 23.2. The fraction of sp³-hybridized carbons (Fsp3) is 0.345. The smallest absolute Gasteiger partial charge is 0.237 e. The molecule has 0 bridgehead atoms. The van der Waals surface area contributed by atoms with Crippen molar-refractivity contribution in [1.82, 2.24) is 20.6 Å². The van der Waals surface area contributed by atoms with E-state index in [0.717, 1.165) is 51.2 Å². The van der Waals surface area contributed by atoms with Crippen molar-refractivity contribution in [3.8, 4) is 21.9 Å². The Balaban J connectivity index is 1.38. The van der Waals surface area contributed by atoms with E-state index < -0.39 is 0 Å². The topological polar surface area (TPSA) is 97.4 Å². The molecular weight excluding hydrogens is 517 g/mol. The van der Waals surface area contributed by atoms with E-state index in [0.29, 0.717) is 23.1 Å². The van der Waals surface area contributed by atoms with Gasteiger partial charge in [-0.15, -0.1) is 11.3 Å². The lowest BCUT2D eigenvalue weighted by molar-refractivity contribution is -0.122. The number of aryl methyl sites for hydroxylation is 1. The molecule has 10 heteroatoms. The van der Waals surface area contributed by atoms with Crippen LogP contribution in [0.1, 0.15) is 42.1 Å². The quantitative estimate of drug-likeness (QED) is 0.258. The van der Waals surface area contributed by atoms with Crippen LogP contribution in [0, 0.1) is 12.7 Å². The van der Waals surface area contributed by atoms with Crippen LogP contribution < -0.4 is 25.4 Å². The molecule has 0 aliphatic carbocycles. The highest BCUT2D eigenvalue weighted by Crippen LogP contribution is 2.37. The number of fused-ring (bicyclic) bond motifs is 1. The minimum absolute atomic E-state index is 0.0472. The van der Waals surface area contributed by atoms with Crippen molar-refractivity contribution in [2.24, 2.45) is 0 Å². The molecule has 2 unspecified atom stereocenters. The molecule has 4 aromatic rings. The van der Waals surface area contributed by atoms with Crippen LogP contribution in [-0.2, 0) is 11.3 Å². The second-order valence-corrected chi connectivity index (χ2v) is 10.7. The van der Waals surface area contributed by atoms with Crippen molar-refractivity contribution >= 4 is 34.0 Å². The van der Waals surface area contributed by atoms with Gasteiger partial charge in [-0.2, -0.15) is 0 Å². The number of nitrogens with zero attached hydrogens (tertiary/aromatic N) is 2. The molecule has 5 rings (SSSR count). The molecule has 1 amide bonds. The fourth-order valence-electron chi connectivity index (χ4n) is 4.85. The summed E-state index contributed by atoms with van der Waals surface area (Å²) in [4.78, 5) is 23.8. The lowest BCUT2D eigenvalue weighted by atomic mass is 10.1. The fourth-order valence-corrected chi connectivity index (χ4v) is 5.92. The Morgan fingerprint density at radius 1 is 1.15 bits per heavy atom. The summed E-state index contributed by atoms with van der Waals surface area (Å²) in [5, 5.41) is 10.5. The number of benzene rings is 2. The Hall–Kier alpha value is -3.76. The zero-order valence-electron chi connectivity index (χ0n) is 22.4. The van der Waals surface area contributed by atoms with Crippen LogP contribution in [0.15, 0.2) is 42.5 Å². The van der Waals surface area contributed by atoms with Gasteiger partial charge < -0.3 is 25.4 Å². The van der Waals surface area contributed by atoms with Crippen LogP contribution in [0.4, 0.5) is 10.2 Å². The van der Waals surface area contributed by atoms with Crippen LogP contribution in [0.2, 0.25) is 0 Å². The van der Waals surface area contributed by atoms with Gasteiger partial charge >= 0.3 is 0 Å². The number of hydrogen-bond acceptors (Lipinski definition) is 8. The maximum Gasteiger partial charge on any atom is 0.237 e. The highest BCUT2D eigenvalue weighted by Gasteiger charge is 2.22. The number of nitrogens with one attached hydrogen (secondary N) is 3. The number of carbonyl (C=O) groups excluding carboxylic acids is 1. The Kier molecular flexibility index (Phi) is 7.94. The number of methoxy groups -OCH3 is 2. The average molecular weight is 550 g/mol. The summed E-state index contributed by atoms with van der Waals surface area (Å²) in [6.07, 6.45) is 1.81. The third-order valence-corrected chi connectivity index (χ3v) is 8.18. The van der Waals surface area contributed by atoms with Crippen molar-refractivity contribution in [2.75, 3.05) is 26.1 Å². The number of amides is 1. The molecule has 2 atom stereocenters. The second-order valence-electron chi connectivity index (χ2n) is 9.58. The van der Waals surface area contributed by atoms with E-state index in [4.69, 9.17) is 9.47 Å². The van der Waals surface area contributed by atoms with E-state index in [2.05, 4.69) is 38.9 Å². The van der Waals surface area contributed by atoms with Crippen LogP contribution in [0.5, 0.6) is 11.5 Å². The average Bonchev–Trinajstić information content (AvgIpc) is 3.64. The first-order valence-corrected chi connectivity index (χ1v) is 13.7. The highest BCUT2D eigenvalue weighted by atomic mass is 32.1. The summed E-state index contributed by atoms with van der Waals surface area (Å²) in [5.74, 6) is 2.18. The summed E-state index contributed by atoms with van der Waals surface area (Å²) in [6, 6.07) is 12.3. The van der Waals surface area contributed by atoms with Crippen molar-refractivity contribution in [1.29, 1.82) is 0 Å². The van der Waals surface area contributed by atoms with Gasteiger partial charge in [0, 0.05) is 27.8 Å². The van der Waals surface area contributed by atoms with E-state index in [9.17, 15) is 9.18 Å². The van der Waals surface area contributed by atoms with Gasteiger partial charge in [0.25, 0.3) is 0 Å². The maximum absolute atomic E-state index is 14.2. The van der Waals surface area contributed by atoms with E-state index in [1.165, 1.54) is 12.1 Å². The Morgan fingerprint density at radius 3 is 2.69 bits per heavy atom. The summed E-state index contributed by atoms with van der Waals surface area (Å²) in [5.41, 5.74) is 2.40. The predicted octanol–water partition coefficient (Wildman–Crippen LogP) is 5.36. The number of aromatic nitrogens is 2. The number of rotatable bonds is 9. The van der Waals surface area contributed by atoms with Crippen LogP contribution >= 0.6 is 11.3 Å². The van der Waals surface area contributed by atoms with Gasteiger partial charge in [-0.3, -0.25) is 4.79 Å². The van der Waals surface area contributed by atoms with Crippen molar-refractivity contribution < 1.29 is 18.7 Å². The Morgan fingerprint density at radius 2 is 1.95 bits per heavy atom. The molecule has 0 spiro atoms. The molecule has 8 nitrogen and oxygen atoms in total. The summed E-state index contributed by atoms with van der Waals surface area (Å²) < 4.78 is 25.1. The minimum atomic E-state index is -0.327. The third-order valence-electron chi connectivity index (χ3n) is 6.88. The lowest BCUT2D eigenvalue weighted by Gasteiger charge is -2.17. The molecule has 0 radical (unpaired) electrons. The monoisotopic (exact) mass is 549 g/mol. The zero-order chi connectivity index (χ0) is 27.5. The number of anilines is 1. The van der Waals surface area contributed by atoms with Gasteiger partial charge in [0.1, 0.15) is 17.5 Å². The Bertz CT molecular complexity index is 1500. The summed E-state index contributed by atoms with van der Waals surface area (Å²) >= 11 is 1.62. The molecule has 0 saturated carbocycles. The maximum atomic E-state index is 14.2. The number of carbonyl (C=O) groups is 1. The van der Waals surface area contributed by atoms with Crippen LogP contribution in [-0.4, -0.2) is 42.7 Å². The summed E-state index contributed by atoms with van der Waals surface area (Å²) in [7, 11) is 3.20. The largest absolute Gasteiger partial charge is 0.493 e. The molecule has 1 saturated heterocycles. The molecule has 1 aliphatic heterocycles. The van der Waals surface area contributed by atoms with Gasteiger partial charge in [-0.1, -0.05) is 6.07 Å². The molecule has 3 heterocycles. The van der Waals surface area contributed by atoms with E-state index >= 15 is 0 Å². The third kappa shape index (κ3) is 5.81. The van der Waals surface area contributed by atoms with Crippen LogP contribution in [0.3, 0.4) is 0 Å². The molecule has 2 aromatic heterocycles. The van der Waals surface area contributed by atoms with E-state index in [-0.39, 0.29) is 30.4 Å². The number of thiophene rings is 1. The van der Waals surface area contributed by atoms with Crippen LogP contribution in [0.25, 0.3) is 21.3 Å². The Labute approximate surface area is 231 Å². The van der Waals surface area contributed by atoms with Gasteiger partial charge in [0.2, 0.25) is 5.91 Å². The van der Waals surface area contributed by atoms with Crippen molar-refractivity contribution in [2.45, 2.75) is 45.3 Å². The van der Waals surface area contributed by atoms with Crippen molar-refractivity contribution in [3.63, 3.8) is 0 Å².